The van der Waals surface area contributed by atoms with Gasteiger partial charge in [-0.05, 0) is 41.8 Å². The highest BCUT2D eigenvalue weighted by Crippen LogP contribution is 2.30. The third-order valence-corrected chi connectivity index (χ3v) is 4.55. The van der Waals surface area contributed by atoms with E-state index in [9.17, 15) is 14.4 Å². The first-order valence-corrected chi connectivity index (χ1v) is 9.50. The van der Waals surface area contributed by atoms with Gasteiger partial charge >= 0.3 is 17.6 Å². The molecule has 3 rings (SSSR count). The van der Waals surface area contributed by atoms with Crippen molar-refractivity contribution in [3.63, 3.8) is 0 Å². The monoisotopic (exact) mass is 426 g/mol. The van der Waals surface area contributed by atoms with Gasteiger partial charge in [0.2, 0.25) is 0 Å². The molecule has 1 aromatic heterocycles. The molecule has 0 aliphatic heterocycles. The lowest BCUT2D eigenvalue weighted by atomic mass is 10.00. The molecule has 0 saturated heterocycles. The molecule has 3 aromatic rings. The topological polar surface area (TPSA) is 101 Å². The minimum absolute atomic E-state index is 0.128. The van der Waals surface area contributed by atoms with Crippen LogP contribution in [0.2, 0.25) is 0 Å². The quantitative estimate of drug-likeness (QED) is 0.320. The Bertz CT molecular complexity index is 1180. The molecule has 0 unspecified atom stereocenters. The number of hydrogen-bond donors (Lipinski definition) is 0. The summed E-state index contributed by atoms with van der Waals surface area (Å²) in [7, 11) is 2.68. The fourth-order valence-corrected chi connectivity index (χ4v) is 2.99. The van der Waals surface area contributed by atoms with E-state index in [1.165, 1.54) is 44.6 Å². The van der Waals surface area contributed by atoms with Gasteiger partial charge in [0, 0.05) is 17.5 Å². The van der Waals surface area contributed by atoms with Gasteiger partial charge in [0.05, 0.1) is 19.8 Å². The highest BCUT2D eigenvalue weighted by atomic mass is 16.6. The van der Waals surface area contributed by atoms with Crippen molar-refractivity contribution in [2.24, 2.45) is 0 Å². The third kappa shape index (κ3) is 5.03. The maximum atomic E-state index is 12.6. The van der Waals surface area contributed by atoms with Crippen molar-refractivity contribution >= 4 is 22.9 Å². The van der Waals surface area contributed by atoms with Gasteiger partial charge in [0.1, 0.15) is 11.3 Å². The van der Waals surface area contributed by atoms with E-state index < -0.39 is 17.6 Å². The molecule has 0 amide bonds. The smallest absolute Gasteiger partial charge is 0.343 e. The fraction of sp³-hybridized carbons (Fsp3) is 0.261. The molecule has 0 atom stereocenters. The van der Waals surface area contributed by atoms with Crippen molar-refractivity contribution in [2.75, 3.05) is 20.8 Å². The minimum Gasteiger partial charge on any atom is -0.493 e. The lowest BCUT2D eigenvalue weighted by Crippen LogP contribution is -2.14. The summed E-state index contributed by atoms with van der Waals surface area (Å²) in [5.74, 6) is -0.361. The van der Waals surface area contributed by atoms with E-state index in [1.807, 2.05) is 13.8 Å². The summed E-state index contributed by atoms with van der Waals surface area (Å²) >= 11 is 0. The Labute approximate surface area is 178 Å². The van der Waals surface area contributed by atoms with Crippen LogP contribution in [0.25, 0.3) is 11.0 Å². The molecule has 0 fully saturated rings. The molecule has 0 spiro atoms. The molecular formula is C23H22O8. The number of rotatable bonds is 7. The molecule has 0 aliphatic rings. The highest BCUT2D eigenvalue weighted by Gasteiger charge is 2.16. The van der Waals surface area contributed by atoms with Crippen LogP contribution in [0.1, 0.15) is 35.7 Å². The van der Waals surface area contributed by atoms with Crippen LogP contribution >= 0.6 is 0 Å². The number of esters is 2. The largest absolute Gasteiger partial charge is 0.493 e. The molecule has 162 valence electrons. The Balaban J connectivity index is 1.86. The molecule has 0 radical (unpaired) electrons. The first-order valence-electron chi connectivity index (χ1n) is 9.50. The Morgan fingerprint density at radius 2 is 1.77 bits per heavy atom. The summed E-state index contributed by atoms with van der Waals surface area (Å²) in [5, 5.41) is 0.775. The number of carbonyl (C=O) groups excluding carboxylic acids is 2. The molecule has 2 aromatic carbocycles. The Morgan fingerprint density at radius 1 is 1.00 bits per heavy atom. The van der Waals surface area contributed by atoms with Crippen LogP contribution in [0.5, 0.6) is 17.2 Å². The fourth-order valence-electron chi connectivity index (χ4n) is 2.99. The van der Waals surface area contributed by atoms with Gasteiger partial charge in [-0.25, -0.2) is 14.4 Å². The number of benzene rings is 2. The van der Waals surface area contributed by atoms with Gasteiger partial charge in [-0.15, -0.1) is 0 Å². The van der Waals surface area contributed by atoms with Gasteiger partial charge in [-0.3, -0.25) is 0 Å². The second-order valence-electron chi connectivity index (χ2n) is 6.95. The number of fused-ring (bicyclic) bond motifs is 1. The van der Waals surface area contributed by atoms with E-state index in [0.717, 1.165) is 10.9 Å². The number of carbonyl (C=O) groups is 2. The molecule has 1 heterocycles. The lowest BCUT2D eigenvalue weighted by Gasteiger charge is -2.12. The maximum Gasteiger partial charge on any atom is 0.343 e. The first kappa shape index (κ1) is 21.9. The Hall–Kier alpha value is -3.81. The summed E-state index contributed by atoms with van der Waals surface area (Å²) in [4.78, 5) is 35.8. The van der Waals surface area contributed by atoms with E-state index in [1.54, 1.807) is 12.1 Å². The Kier molecular flexibility index (Phi) is 6.59. The average molecular weight is 426 g/mol. The van der Waals surface area contributed by atoms with Crippen LogP contribution in [0.15, 0.2) is 51.7 Å². The predicted octanol–water partition coefficient (Wildman–Crippen LogP) is 3.70. The van der Waals surface area contributed by atoms with Gasteiger partial charge in [0.15, 0.2) is 18.1 Å². The van der Waals surface area contributed by atoms with Crippen LogP contribution < -0.4 is 19.8 Å². The van der Waals surface area contributed by atoms with Crippen LogP contribution in [0.4, 0.5) is 0 Å². The van der Waals surface area contributed by atoms with Crippen LogP contribution in [0.3, 0.4) is 0 Å². The van der Waals surface area contributed by atoms with Crippen LogP contribution in [-0.2, 0) is 9.53 Å². The number of methoxy groups -OCH3 is 2. The molecular weight excluding hydrogens is 404 g/mol. The van der Waals surface area contributed by atoms with Crippen molar-refractivity contribution in [3.8, 4) is 17.2 Å². The third-order valence-electron chi connectivity index (χ3n) is 4.55. The normalized spacial score (nSPS) is 10.7. The van der Waals surface area contributed by atoms with Gasteiger partial charge in [-0.1, -0.05) is 13.8 Å². The summed E-state index contributed by atoms with van der Waals surface area (Å²) in [5.41, 5.74) is 0.894. The SMILES string of the molecule is COC(=O)COc1cc(C(=O)Oc2ccc3c(C(C)C)cc(=O)oc3c2)ccc1OC. The van der Waals surface area contributed by atoms with E-state index in [2.05, 4.69) is 4.74 Å². The van der Waals surface area contributed by atoms with E-state index in [-0.39, 0.29) is 29.6 Å². The molecule has 8 heteroatoms. The molecule has 8 nitrogen and oxygen atoms in total. The summed E-state index contributed by atoms with van der Waals surface area (Å²) < 4.78 is 25.8. The molecule has 0 aliphatic carbocycles. The molecule has 0 saturated carbocycles. The zero-order valence-electron chi connectivity index (χ0n) is 17.6. The first-order chi connectivity index (χ1) is 14.8. The van der Waals surface area contributed by atoms with Crippen molar-refractivity contribution < 1.29 is 33.0 Å². The Morgan fingerprint density at radius 3 is 2.45 bits per heavy atom. The summed E-state index contributed by atoms with van der Waals surface area (Å²) in [6.45, 7) is 3.62. The molecule has 0 bridgehead atoms. The number of ether oxygens (including phenoxy) is 4. The lowest BCUT2D eigenvalue weighted by molar-refractivity contribution is -0.142. The standard InChI is InChI=1S/C23H22O8/c1-13(2)17-11-21(24)31-19-10-15(6-7-16(17)19)30-23(26)14-5-8-18(27-3)20(9-14)29-12-22(25)28-4/h5-11,13H,12H2,1-4H3. The minimum atomic E-state index is -0.660. The van der Waals surface area contributed by atoms with E-state index >= 15 is 0 Å². The molecule has 31 heavy (non-hydrogen) atoms. The second-order valence-corrected chi connectivity index (χ2v) is 6.95. The van der Waals surface area contributed by atoms with Gasteiger partial charge in [-0.2, -0.15) is 0 Å². The zero-order chi connectivity index (χ0) is 22.5. The van der Waals surface area contributed by atoms with Crippen molar-refractivity contribution in [1.29, 1.82) is 0 Å². The zero-order valence-corrected chi connectivity index (χ0v) is 17.6. The van der Waals surface area contributed by atoms with Gasteiger partial charge in [0.25, 0.3) is 0 Å². The summed E-state index contributed by atoms with van der Waals surface area (Å²) in [6, 6.07) is 10.8. The predicted molar refractivity (Wildman–Crippen MR) is 112 cm³/mol. The van der Waals surface area contributed by atoms with Crippen LogP contribution in [0, 0.1) is 0 Å². The van der Waals surface area contributed by atoms with Gasteiger partial charge < -0.3 is 23.4 Å². The van der Waals surface area contributed by atoms with Crippen LogP contribution in [-0.4, -0.2) is 32.8 Å². The average Bonchev–Trinajstić information content (AvgIpc) is 2.76. The number of hydrogen-bond acceptors (Lipinski definition) is 8. The van der Waals surface area contributed by atoms with Crippen molar-refractivity contribution in [3.05, 3.63) is 64.0 Å². The summed E-state index contributed by atoms with van der Waals surface area (Å²) in [6.07, 6.45) is 0. The second kappa shape index (κ2) is 9.34. The van der Waals surface area contributed by atoms with E-state index in [4.69, 9.17) is 18.6 Å². The highest BCUT2D eigenvalue weighted by molar-refractivity contribution is 5.92. The van der Waals surface area contributed by atoms with Crippen molar-refractivity contribution in [1.82, 2.24) is 0 Å². The van der Waals surface area contributed by atoms with Crippen molar-refractivity contribution in [2.45, 2.75) is 19.8 Å². The molecule has 0 N–H and O–H groups in total. The maximum absolute atomic E-state index is 12.6. The van der Waals surface area contributed by atoms with E-state index in [0.29, 0.717) is 11.3 Å².